The highest BCUT2D eigenvalue weighted by Gasteiger charge is 2.34. The summed E-state index contributed by atoms with van der Waals surface area (Å²) >= 11 is 0. The van der Waals surface area contributed by atoms with Crippen LogP contribution in [0.1, 0.15) is 96.4 Å². The van der Waals surface area contributed by atoms with Gasteiger partial charge in [0.25, 0.3) is 0 Å². The Morgan fingerprint density at radius 2 is 1.86 bits per heavy atom. The Bertz CT molecular complexity index is 1620. The fraction of sp³-hybridized carbons (Fsp3) is 0.541. The average Bonchev–Trinajstić information content (AvgIpc) is 3.52. The normalized spacial score (nSPS) is 24.7. The van der Waals surface area contributed by atoms with Crippen LogP contribution in [-0.4, -0.2) is 76.9 Å². The van der Waals surface area contributed by atoms with Gasteiger partial charge in [-0.25, -0.2) is 0 Å². The van der Waals surface area contributed by atoms with E-state index in [4.69, 9.17) is 26.6 Å². The van der Waals surface area contributed by atoms with Crippen LogP contribution in [0.5, 0.6) is 5.75 Å². The van der Waals surface area contributed by atoms with Gasteiger partial charge in [0, 0.05) is 29.8 Å². The molecular formula is C37H54N10O3. The van der Waals surface area contributed by atoms with Crippen LogP contribution in [0.3, 0.4) is 0 Å². The van der Waals surface area contributed by atoms with Crippen molar-refractivity contribution in [3.8, 4) is 5.75 Å². The molecule has 1 fully saturated rings. The smallest absolute Gasteiger partial charge is 0.347 e. The second kappa shape index (κ2) is 15.9. The van der Waals surface area contributed by atoms with E-state index < -0.39 is 6.02 Å². The van der Waals surface area contributed by atoms with Crippen molar-refractivity contribution in [1.82, 2.24) is 15.2 Å². The number of nitrogens with zero attached hydrogens (tertiary/aromatic N) is 6. The lowest BCUT2D eigenvalue weighted by atomic mass is 9.86. The number of aliphatic hydroxyl groups excluding tert-OH is 1. The fourth-order valence-corrected chi connectivity index (χ4v) is 6.83. The molecule has 0 amide bonds. The monoisotopic (exact) mass is 686 g/mol. The number of allylic oxidation sites excluding steroid dienone is 1. The van der Waals surface area contributed by atoms with E-state index in [1.54, 1.807) is 22.9 Å². The standard InChI is InChI=1S/C37H54N10O3/c1-24-9-8-10-25(2)47(24)35(40)45-23-27(13-16-33(45)39)50-31-15-14-30(28-11-6-7-12-29(28)31)43-36(49)44-34(21-32(38)37(3,4)5)41-22-26-17-18-42-46(26)19-20-48/h6-7,11-13,16,18,21,23-26,30-31,39-40,48H,8-10,14-15,17,19-20,22H2,1-5H3,(H4,38,41,43,44,49)/t24-,25+,26?,30?,31?. The Morgan fingerprint density at radius 3 is 2.56 bits per heavy atom. The molecule has 1 aliphatic carbocycles. The molecule has 1 saturated heterocycles. The number of amidine groups is 2. The predicted molar refractivity (Wildman–Crippen MR) is 196 cm³/mol. The number of nitrogens with one attached hydrogen (secondary N) is 2. The van der Waals surface area contributed by atoms with Crippen molar-refractivity contribution in [3.63, 3.8) is 0 Å². The first-order chi connectivity index (χ1) is 23.8. The predicted octanol–water partition coefficient (Wildman–Crippen LogP) is 3.20. The molecule has 3 heterocycles. The molecule has 13 nitrogen and oxygen atoms in total. The lowest BCUT2D eigenvalue weighted by molar-refractivity contribution is -0.552. The van der Waals surface area contributed by atoms with E-state index in [0.717, 1.165) is 30.4 Å². The second-order valence-electron chi connectivity index (χ2n) is 14.6. The molecule has 0 saturated carbocycles. The van der Waals surface area contributed by atoms with Gasteiger partial charge in [-0.3, -0.25) is 19.9 Å². The van der Waals surface area contributed by atoms with Crippen molar-refractivity contribution < 1.29 is 19.5 Å². The van der Waals surface area contributed by atoms with Crippen LogP contribution in [0.15, 0.2) is 69.5 Å². The first-order valence-electron chi connectivity index (χ1n) is 17.7. The van der Waals surface area contributed by atoms with Gasteiger partial charge in [0.1, 0.15) is 23.9 Å². The van der Waals surface area contributed by atoms with Crippen LogP contribution in [0.25, 0.3) is 0 Å². The number of likely N-dealkylation sites (tertiary alicyclic amines) is 1. The molecule has 1 aromatic carbocycles. The number of nitrogen functional groups attached to an aromatic ring is 1. The molecule has 270 valence electrons. The van der Waals surface area contributed by atoms with Crippen molar-refractivity contribution in [2.45, 2.75) is 103 Å². The lowest BCUT2D eigenvalue weighted by Crippen LogP contribution is -2.60. The molecule has 13 heteroatoms. The lowest BCUT2D eigenvalue weighted by Gasteiger charge is -2.36. The van der Waals surface area contributed by atoms with Crippen LogP contribution in [-0.2, 0) is 0 Å². The molecular weight excluding hydrogens is 632 g/mol. The zero-order valence-corrected chi connectivity index (χ0v) is 30.0. The summed E-state index contributed by atoms with van der Waals surface area (Å²) in [5, 5.41) is 40.9. The summed E-state index contributed by atoms with van der Waals surface area (Å²) in [4.78, 5) is 11.4. The number of hydrogen-bond acceptors (Lipinski definition) is 10. The Morgan fingerprint density at radius 1 is 1.14 bits per heavy atom. The number of aromatic nitrogens is 1. The molecule has 50 heavy (non-hydrogen) atoms. The first kappa shape index (κ1) is 36.6. The van der Waals surface area contributed by atoms with Gasteiger partial charge in [0.05, 0.1) is 49.9 Å². The van der Waals surface area contributed by atoms with E-state index >= 15 is 0 Å². The number of hydrazone groups is 1. The van der Waals surface area contributed by atoms with Gasteiger partial charge >= 0.3 is 5.96 Å². The highest BCUT2D eigenvalue weighted by atomic mass is 16.5. The van der Waals surface area contributed by atoms with E-state index in [0.29, 0.717) is 61.4 Å². The number of pyridine rings is 1. The summed E-state index contributed by atoms with van der Waals surface area (Å²) in [6, 6.07) is 11.2. The SMILES string of the molecule is C[C@@H]1CCC[C@H](C)N1C(=N)[n+]1cc(OC2CCC(N=C([O-])NC(C=C(N)C(C)(C)C)=NCC3CC=NN3CCO)c3ccccc32)ccc1N. The van der Waals surface area contributed by atoms with Crippen molar-refractivity contribution in [2.75, 3.05) is 25.4 Å². The third-order valence-electron chi connectivity index (χ3n) is 9.80. The molecule has 2 aliphatic heterocycles. The van der Waals surface area contributed by atoms with Crippen LogP contribution in [0.4, 0.5) is 5.82 Å². The van der Waals surface area contributed by atoms with Gasteiger partial charge in [-0.05, 0) is 69.2 Å². The molecule has 0 radical (unpaired) electrons. The van der Waals surface area contributed by atoms with Crippen molar-refractivity contribution in [1.29, 1.82) is 5.41 Å². The Hall–Kier alpha value is -4.65. The van der Waals surface area contributed by atoms with Crippen LogP contribution in [0.2, 0.25) is 0 Å². The highest BCUT2D eigenvalue weighted by Crippen LogP contribution is 2.40. The van der Waals surface area contributed by atoms with E-state index in [-0.39, 0.29) is 42.3 Å². The number of rotatable bonds is 8. The Balaban J connectivity index is 1.33. The van der Waals surface area contributed by atoms with Crippen molar-refractivity contribution >= 4 is 29.8 Å². The van der Waals surface area contributed by atoms with E-state index in [9.17, 15) is 10.2 Å². The van der Waals surface area contributed by atoms with Gasteiger partial charge in [-0.2, -0.15) is 15.1 Å². The minimum absolute atomic E-state index is 0.00618. The molecule has 3 aliphatic rings. The number of β-amino-alcohol motifs (C(OH)–C–C–N with tert-alkyl or cyclic N) is 1. The summed E-state index contributed by atoms with van der Waals surface area (Å²) in [5.41, 5.74) is 14.9. The minimum atomic E-state index is -0.505. The van der Waals surface area contributed by atoms with Gasteiger partial charge in [-0.1, -0.05) is 45.0 Å². The van der Waals surface area contributed by atoms with Gasteiger partial charge < -0.3 is 31.7 Å². The molecule has 1 aromatic heterocycles. The zero-order valence-electron chi connectivity index (χ0n) is 30.0. The van der Waals surface area contributed by atoms with Crippen LogP contribution in [0, 0.1) is 10.8 Å². The number of fused-ring (bicyclic) bond motifs is 1. The summed E-state index contributed by atoms with van der Waals surface area (Å²) in [6.45, 7) is 11.1. The van der Waals surface area contributed by atoms with E-state index in [2.05, 4.69) is 34.2 Å². The van der Waals surface area contributed by atoms with Gasteiger partial charge in [-0.15, -0.1) is 0 Å². The highest BCUT2D eigenvalue weighted by molar-refractivity contribution is 6.03. The van der Waals surface area contributed by atoms with E-state index in [1.165, 1.54) is 0 Å². The fourth-order valence-electron chi connectivity index (χ4n) is 6.83. The van der Waals surface area contributed by atoms with Crippen LogP contribution >= 0.6 is 0 Å². The Kier molecular flexibility index (Phi) is 11.7. The maximum Gasteiger partial charge on any atom is 0.347 e. The number of hydrogen-bond donors (Lipinski definition) is 5. The topological polar surface area (TPSA) is 188 Å². The average molecular weight is 687 g/mol. The third-order valence-corrected chi connectivity index (χ3v) is 9.80. The number of benzene rings is 1. The molecule has 5 rings (SSSR count). The molecule has 0 spiro atoms. The molecule has 0 bridgehead atoms. The maximum absolute atomic E-state index is 13.4. The van der Waals surface area contributed by atoms with Crippen molar-refractivity contribution in [3.05, 3.63) is 65.5 Å². The largest absolute Gasteiger partial charge is 0.846 e. The summed E-state index contributed by atoms with van der Waals surface area (Å²) in [7, 11) is 0. The van der Waals surface area contributed by atoms with Gasteiger partial charge in [0.2, 0.25) is 0 Å². The summed E-state index contributed by atoms with van der Waals surface area (Å²) < 4.78 is 8.27. The quantitative estimate of drug-likeness (QED) is 0.159. The zero-order chi connectivity index (χ0) is 36.0. The number of ether oxygens (including phenoxy) is 1. The summed E-state index contributed by atoms with van der Waals surface area (Å²) in [6.07, 6.45) is 10.2. The molecule has 7 N–H and O–H groups in total. The number of piperidine rings is 1. The third kappa shape index (κ3) is 8.73. The maximum atomic E-state index is 13.4. The number of nitrogens with two attached hydrogens (primary N) is 2. The first-order valence-corrected chi connectivity index (χ1v) is 17.7. The second-order valence-corrected chi connectivity index (χ2v) is 14.6. The molecule has 2 aromatic rings. The van der Waals surface area contributed by atoms with Gasteiger partial charge in [0.15, 0.2) is 5.82 Å². The number of anilines is 1. The number of aliphatic imine (C=N–C) groups is 2. The summed E-state index contributed by atoms with van der Waals surface area (Å²) in [5.74, 6) is 1.77. The van der Waals surface area contributed by atoms with E-state index in [1.807, 2.05) is 62.3 Å². The minimum Gasteiger partial charge on any atom is -0.846 e. The molecule has 3 unspecified atom stereocenters. The number of aliphatic hydroxyl groups is 1. The van der Waals surface area contributed by atoms with Crippen LogP contribution < -0.4 is 31.2 Å². The Labute approximate surface area is 295 Å². The molecule has 5 atom stereocenters. The van der Waals surface area contributed by atoms with Crippen molar-refractivity contribution in [2.24, 2.45) is 26.2 Å².